The molecular formula is C58H116O2. The van der Waals surface area contributed by atoms with Crippen LogP contribution in [0.15, 0.2) is 0 Å². The van der Waals surface area contributed by atoms with Crippen LogP contribution >= 0.6 is 0 Å². The van der Waals surface area contributed by atoms with Gasteiger partial charge in [-0.3, -0.25) is 4.79 Å². The van der Waals surface area contributed by atoms with Crippen LogP contribution in [0.1, 0.15) is 361 Å². The molecular weight excluding hydrogens is 729 g/mol. The molecule has 0 spiro atoms. The molecule has 0 unspecified atom stereocenters. The number of hydrogen-bond acceptors (Lipinski definition) is 2. The van der Waals surface area contributed by atoms with Crippen molar-refractivity contribution in [3.63, 3.8) is 0 Å². The SMILES string of the molecule is CCCCCCCCCCCCCCCCCCCCCCCCCCCCCCCCCCCCCC(=O)OCCCCCCCCCCCCCCCCCCCC. The topological polar surface area (TPSA) is 26.3 Å². The Morgan fingerprint density at radius 2 is 0.367 bits per heavy atom. The van der Waals surface area contributed by atoms with E-state index in [0.29, 0.717) is 13.0 Å². The minimum atomic E-state index is 0.0352. The third kappa shape index (κ3) is 55.5. The molecule has 0 saturated carbocycles. The van der Waals surface area contributed by atoms with Crippen molar-refractivity contribution >= 4 is 5.97 Å². The van der Waals surface area contributed by atoms with Crippen LogP contribution in [-0.2, 0) is 9.53 Å². The molecule has 0 aliphatic rings. The third-order valence-electron chi connectivity index (χ3n) is 13.7. The smallest absolute Gasteiger partial charge is 0.305 e. The third-order valence-corrected chi connectivity index (χ3v) is 13.7. The molecule has 0 radical (unpaired) electrons. The lowest BCUT2D eigenvalue weighted by Gasteiger charge is -2.06. The zero-order chi connectivity index (χ0) is 43.2. The Morgan fingerprint density at radius 1 is 0.217 bits per heavy atom. The monoisotopic (exact) mass is 845 g/mol. The second-order valence-electron chi connectivity index (χ2n) is 20.0. The van der Waals surface area contributed by atoms with E-state index in [1.54, 1.807) is 0 Å². The van der Waals surface area contributed by atoms with E-state index in [2.05, 4.69) is 13.8 Å². The molecule has 0 bridgehead atoms. The van der Waals surface area contributed by atoms with Gasteiger partial charge in [-0.25, -0.2) is 0 Å². The summed E-state index contributed by atoms with van der Waals surface area (Å²) in [5.74, 6) is 0.0352. The Kier molecular flexibility index (Phi) is 56.0. The molecule has 0 aromatic heterocycles. The Labute approximate surface area is 381 Å². The van der Waals surface area contributed by atoms with Gasteiger partial charge in [0.25, 0.3) is 0 Å². The molecule has 0 N–H and O–H groups in total. The lowest BCUT2D eigenvalue weighted by Crippen LogP contribution is -2.05. The number of carbonyl (C=O) groups excluding carboxylic acids is 1. The minimum Gasteiger partial charge on any atom is -0.466 e. The first-order chi connectivity index (χ1) is 29.8. The molecule has 0 heterocycles. The quantitative estimate of drug-likeness (QED) is 0.0450. The van der Waals surface area contributed by atoms with Crippen LogP contribution < -0.4 is 0 Å². The van der Waals surface area contributed by atoms with Gasteiger partial charge >= 0.3 is 5.97 Å². The maximum absolute atomic E-state index is 12.1. The molecule has 0 amide bonds. The summed E-state index contributed by atoms with van der Waals surface area (Å²) >= 11 is 0. The lowest BCUT2D eigenvalue weighted by molar-refractivity contribution is -0.143. The maximum atomic E-state index is 12.1. The van der Waals surface area contributed by atoms with Crippen LogP contribution in [-0.4, -0.2) is 12.6 Å². The van der Waals surface area contributed by atoms with Gasteiger partial charge in [0.05, 0.1) is 6.61 Å². The molecule has 0 saturated heterocycles. The van der Waals surface area contributed by atoms with Gasteiger partial charge in [0, 0.05) is 6.42 Å². The summed E-state index contributed by atoms with van der Waals surface area (Å²) in [5.41, 5.74) is 0. The van der Waals surface area contributed by atoms with Gasteiger partial charge in [-0.15, -0.1) is 0 Å². The van der Waals surface area contributed by atoms with Crippen molar-refractivity contribution in [2.24, 2.45) is 0 Å². The fourth-order valence-electron chi connectivity index (χ4n) is 9.44. The maximum Gasteiger partial charge on any atom is 0.305 e. The van der Waals surface area contributed by atoms with Gasteiger partial charge < -0.3 is 4.74 Å². The Balaban J connectivity index is 3.13. The molecule has 0 aliphatic carbocycles. The zero-order valence-corrected chi connectivity index (χ0v) is 42.2. The van der Waals surface area contributed by atoms with Crippen molar-refractivity contribution in [2.45, 2.75) is 361 Å². The molecule has 0 aromatic carbocycles. The van der Waals surface area contributed by atoms with Gasteiger partial charge in [-0.2, -0.15) is 0 Å². The van der Waals surface area contributed by atoms with Crippen LogP contribution in [0, 0.1) is 0 Å². The van der Waals surface area contributed by atoms with Crippen molar-refractivity contribution < 1.29 is 9.53 Å². The number of carbonyl (C=O) groups is 1. The first-order valence-electron chi connectivity index (χ1n) is 29.0. The van der Waals surface area contributed by atoms with Crippen LogP contribution in [0.3, 0.4) is 0 Å². The summed E-state index contributed by atoms with van der Waals surface area (Å²) in [7, 11) is 0. The molecule has 2 nitrogen and oxygen atoms in total. The van der Waals surface area contributed by atoms with E-state index in [4.69, 9.17) is 4.74 Å². The summed E-state index contributed by atoms with van der Waals surface area (Å²) in [6.45, 7) is 5.24. The highest BCUT2D eigenvalue weighted by molar-refractivity contribution is 5.69. The predicted molar refractivity (Wildman–Crippen MR) is 272 cm³/mol. The van der Waals surface area contributed by atoms with E-state index < -0.39 is 0 Å². The fourth-order valence-corrected chi connectivity index (χ4v) is 9.44. The first-order valence-corrected chi connectivity index (χ1v) is 29.0. The van der Waals surface area contributed by atoms with Gasteiger partial charge in [0.2, 0.25) is 0 Å². The standard InChI is InChI=1S/C58H116O2/c1-3-5-7-9-11-13-15-17-19-21-23-24-25-26-27-28-29-30-31-32-33-34-35-36-37-38-39-40-42-44-46-48-50-52-54-56-58(59)60-57-55-53-51-49-47-45-43-41-22-20-18-16-14-12-10-8-6-4-2/h3-57H2,1-2H3. The highest BCUT2D eigenvalue weighted by atomic mass is 16.5. The van der Waals surface area contributed by atoms with Crippen molar-refractivity contribution in [1.82, 2.24) is 0 Å². The number of unbranched alkanes of at least 4 members (excludes halogenated alkanes) is 51. The molecule has 360 valence electrons. The fraction of sp³-hybridized carbons (Fsp3) is 0.983. The molecule has 2 heteroatoms. The van der Waals surface area contributed by atoms with E-state index in [9.17, 15) is 4.79 Å². The van der Waals surface area contributed by atoms with Crippen LogP contribution in [0.2, 0.25) is 0 Å². The van der Waals surface area contributed by atoms with Gasteiger partial charge in [0.15, 0.2) is 0 Å². The summed E-state index contributed by atoms with van der Waals surface area (Å²) in [5, 5.41) is 0. The Hall–Kier alpha value is -0.530. The normalized spacial score (nSPS) is 11.6. The first kappa shape index (κ1) is 59.5. The largest absolute Gasteiger partial charge is 0.466 e. The molecule has 0 rings (SSSR count). The Bertz CT molecular complexity index is 747. The van der Waals surface area contributed by atoms with Crippen molar-refractivity contribution in [3.05, 3.63) is 0 Å². The molecule has 0 fully saturated rings. The Morgan fingerprint density at radius 3 is 0.550 bits per heavy atom. The number of ether oxygens (including phenoxy) is 1. The predicted octanol–water partition coefficient (Wildman–Crippen LogP) is 21.6. The highest BCUT2D eigenvalue weighted by Gasteiger charge is 2.03. The van der Waals surface area contributed by atoms with Gasteiger partial charge in [-0.05, 0) is 12.8 Å². The van der Waals surface area contributed by atoms with Crippen molar-refractivity contribution in [1.29, 1.82) is 0 Å². The molecule has 0 aliphatic heterocycles. The highest BCUT2D eigenvalue weighted by Crippen LogP contribution is 2.19. The number of hydrogen-bond donors (Lipinski definition) is 0. The van der Waals surface area contributed by atoms with E-state index in [0.717, 1.165) is 12.8 Å². The number of esters is 1. The average molecular weight is 846 g/mol. The second-order valence-corrected chi connectivity index (χ2v) is 20.0. The van der Waals surface area contributed by atoms with Crippen molar-refractivity contribution in [3.8, 4) is 0 Å². The van der Waals surface area contributed by atoms with Crippen LogP contribution in [0.25, 0.3) is 0 Å². The molecule has 60 heavy (non-hydrogen) atoms. The van der Waals surface area contributed by atoms with Gasteiger partial charge in [-0.1, -0.05) is 341 Å². The van der Waals surface area contributed by atoms with Crippen LogP contribution in [0.4, 0.5) is 0 Å². The number of rotatable bonds is 55. The summed E-state index contributed by atoms with van der Waals surface area (Å²) in [6.07, 6.45) is 75.8. The van der Waals surface area contributed by atoms with E-state index in [-0.39, 0.29) is 5.97 Å². The molecule has 0 atom stereocenters. The molecule has 0 aromatic rings. The van der Waals surface area contributed by atoms with Crippen molar-refractivity contribution in [2.75, 3.05) is 6.61 Å². The zero-order valence-electron chi connectivity index (χ0n) is 42.2. The van der Waals surface area contributed by atoms with E-state index >= 15 is 0 Å². The lowest BCUT2D eigenvalue weighted by atomic mass is 10.0. The van der Waals surface area contributed by atoms with E-state index in [1.165, 1.54) is 327 Å². The van der Waals surface area contributed by atoms with Crippen LogP contribution in [0.5, 0.6) is 0 Å². The van der Waals surface area contributed by atoms with Gasteiger partial charge in [0.1, 0.15) is 0 Å². The van der Waals surface area contributed by atoms with E-state index in [1.807, 2.05) is 0 Å². The summed E-state index contributed by atoms with van der Waals surface area (Å²) in [4.78, 5) is 12.1. The summed E-state index contributed by atoms with van der Waals surface area (Å²) in [6, 6.07) is 0. The summed E-state index contributed by atoms with van der Waals surface area (Å²) < 4.78 is 5.50. The second kappa shape index (κ2) is 56.5. The average Bonchev–Trinajstić information content (AvgIpc) is 3.25. The minimum absolute atomic E-state index is 0.0352.